The van der Waals surface area contributed by atoms with Crippen LogP contribution in [0.5, 0.6) is 5.75 Å². The Morgan fingerprint density at radius 1 is 1.33 bits per heavy atom. The number of carbonyl (C=O) groups excluding carboxylic acids is 1. The predicted octanol–water partition coefficient (Wildman–Crippen LogP) is 1.72. The zero-order chi connectivity index (χ0) is 16.8. The molecular weight excluding hydrogens is 308 g/mol. The van der Waals surface area contributed by atoms with E-state index in [0.717, 1.165) is 30.6 Å². The van der Waals surface area contributed by atoms with Crippen LogP contribution < -0.4 is 15.4 Å². The lowest BCUT2D eigenvalue weighted by molar-refractivity contribution is 0.102. The van der Waals surface area contributed by atoms with Crippen molar-refractivity contribution in [1.29, 1.82) is 0 Å². The maximum absolute atomic E-state index is 12.6. The number of ether oxygens (including phenoxy) is 2. The Kier molecular flexibility index (Phi) is 5.45. The summed E-state index contributed by atoms with van der Waals surface area (Å²) in [6, 6.07) is 7.39. The zero-order valence-corrected chi connectivity index (χ0v) is 13.7. The second kappa shape index (κ2) is 7.94. The Morgan fingerprint density at radius 2 is 2.21 bits per heavy atom. The molecule has 1 aliphatic rings. The molecule has 0 atom stereocenters. The first kappa shape index (κ1) is 16.5. The molecule has 1 aromatic heterocycles. The Bertz CT molecular complexity index is 699. The second-order valence-electron chi connectivity index (χ2n) is 5.60. The van der Waals surface area contributed by atoms with Crippen molar-refractivity contribution < 1.29 is 14.3 Å². The Balaban J connectivity index is 1.69. The molecule has 1 aliphatic heterocycles. The predicted molar refractivity (Wildman–Crippen MR) is 90.4 cm³/mol. The van der Waals surface area contributed by atoms with Crippen LogP contribution in [0.2, 0.25) is 0 Å². The maximum Gasteiger partial charge on any atom is 0.276 e. The highest BCUT2D eigenvalue weighted by molar-refractivity contribution is 6.04. The summed E-state index contributed by atoms with van der Waals surface area (Å²) in [5.41, 5.74) is 3.05. The van der Waals surface area contributed by atoms with E-state index >= 15 is 0 Å². The fraction of sp³-hybridized carbons (Fsp3) is 0.412. The van der Waals surface area contributed by atoms with Crippen LogP contribution in [0.15, 0.2) is 24.3 Å². The van der Waals surface area contributed by atoms with Gasteiger partial charge in [0.1, 0.15) is 5.75 Å². The number of hydrogen-bond acceptors (Lipinski definition) is 5. The van der Waals surface area contributed by atoms with Gasteiger partial charge in [-0.3, -0.25) is 9.89 Å². The van der Waals surface area contributed by atoms with Gasteiger partial charge in [0.15, 0.2) is 5.69 Å². The number of amides is 1. The first-order valence-electron chi connectivity index (χ1n) is 8.08. The molecule has 3 rings (SSSR count). The molecular formula is C17H22N4O3. The number of methoxy groups -OCH3 is 1. The van der Waals surface area contributed by atoms with E-state index in [1.54, 1.807) is 7.11 Å². The summed E-state index contributed by atoms with van der Waals surface area (Å²) >= 11 is 0. The monoisotopic (exact) mass is 330 g/mol. The lowest BCUT2D eigenvalue weighted by atomic mass is 10.1. The average molecular weight is 330 g/mol. The van der Waals surface area contributed by atoms with Gasteiger partial charge in [-0.1, -0.05) is 12.1 Å². The molecule has 1 aromatic carbocycles. The minimum Gasteiger partial charge on any atom is -0.491 e. The Hall–Kier alpha value is -2.38. The fourth-order valence-electron chi connectivity index (χ4n) is 2.68. The van der Waals surface area contributed by atoms with Crippen molar-refractivity contribution in [3.05, 3.63) is 41.2 Å². The van der Waals surface area contributed by atoms with Gasteiger partial charge in [0, 0.05) is 50.9 Å². The van der Waals surface area contributed by atoms with Crippen molar-refractivity contribution in [2.45, 2.75) is 19.4 Å². The minimum absolute atomic E-state index is 0.232. The number of aromatic nitrogens is 2. The van der Waals surface area contributed by atoms with Crippen molar-refractivity contribution in [2.24, 2.45) is 0 Å². The molecule has 0 radical (unpaired) electrons. The van der Waals surface area contributed by atoms with Gasteiger partial charge in [-0.15, -0.1) is 0 Å². The summed E-state index contributed by atoms with van der Waals surface area (Å²) < 4.78 is 10.7. The number of para-hydroxylation sites is 2. The van der Waals surface area contributed by atoms with E-state index in [-0.39, 0.29) is 5.91 Å². The van der Waals surface area contributed by atoms with Gasteiger partial charge >= 0.3 is 0 Å². The molecule has 0 unspecified atom stereocenters. The maximum atomic E-state index is 12.6. The quantitative estimate of drug-likeness (QED) is 0.673. The number of benzene rings is 1. The Morgan fingerprint density at radius 3 is 3.08 bits per heavy atom. The van der Waals surface area contributed by atoms with Gasteiger partial charge < -0.3 is 20.1 Å². The number of H-pyrrole nitrogens is 1. The number of fused-ring (bicyclic) bond motifs is 1. The van der Waals surface area contributed by atoms with E-state index < -0.39 is 0 Å². The van der Waals surface area contributed by atoms with E-state index in [0.29, 0.717) is 36.9 Å². The van der Waals surface area contributed by atoms with Crippen LogP contribution in [-0.4, -0.2) is 43.0 Å². The van der Waals surface area contributed by atoms with Crippen LogP contribution >= 0.6 is 0 Å². The third kappa shape index (κ3) is 3.74. The molecule has 24 heavy (non-hydrogen) atoms. The van der Waals surface area contributed by atoms with Crippen LogP contribution in [0.25, 0.3) is 0 Å². The summed E-state index contributed by atoms with van der Waals surface area (Å²) in [6.07, 6.45) is 1.64. The van der Waals surface area contributed by atoms with Crippen molar-refractivity contribution in [3.63, 3.8) is 0 Å². The van der Waals surface area contributed by atoms with Gasteiger partial charge in [0.05, 0.1) is 12.3 Å². The summed E-state index contributed by atoms with van der Waals surface area (Å²) in [4.78, 5) is 12.6. The lowest BCUT2D eigenvalue weighted by Crippen LogP contribution is -2.25. The van der Waals surface area contributed by atoms with Crippen molar-refractivity contribution in [2.75, 3.05) is 32.2 Å². The average Bonchev–Trinajstić information content (AvgIpc) is 3.04. The molecule has 3 N–H and O–H groups in total. The number of anilines is 1. The zero-order valence-electron chi connectivity index (χ0n) is 13.7. The number of aromatic amines is 1. The molecule has 0 fully saturated rings. The molecule has 1 amide bonds. The molecule has 0 saturated heterocycles. The van der Waals surface area contributed by atoms with E-state index in [4.69, 9.17) is 9.47 Å². The normalized spacial score (nSPS) is 13.4. The van der Waals surface area contributed by atoms with Gasteiger partial charge in [0.25, 0.3) is 5.91 Å². The van der Waals surface area contributed by atoms with Crippen LogP contribution in [0.1, 0.15) is 28.2 Å². The standard InChI is InChI=1S/C17H22N4O3/c1-23-9-4-10-24-15-6-3-2-5-14(15)19-17(22)16-12-11-18-8-7-13(12)20-21-16/h2-3,5-6,18H,4,7-11H2,1H3,(H,19,22)(H,20,21). The van der Waals surface area contributed by atoms with Gasteiger partial charge in [-0.2, -0.15) is 5.10 Å². The SMILES string of the molecule is COCCCOc1ccccc1NC(=O)c1n[nH]c2c1CNCC2. The second-order valence-corrected chi connectivity index (χ2v) is 5.60. The number of hydrogen-bond donors (Lipinski definition) is 3. The van der Waals surface area contributed by atoms with Crippen molar-refractivity contribution >= 4 is 11.6 Å². The third-order valence-corrected chi connectivity index (χ3v) is 3.91. The summed E-state index contributed by atoms with van der Waals surface area (Å²) in [5, 5.41) is 13.3. The van der Waals surface area contributed by atoms with E-state index in [9.17, 15) is 4.79 Å². The molecule has 0 spiro atoms. The third-order valence-electron chi connectivity index (χ3n) is 3.91. The first-order chi connectivity index (χ1) is 11.8. The fourth-order valence-corrected chi connectivity index (χ4v) is 2.68. The first-order valence-corrected chi connectivity index (χ1v) is 8.08. The van der Waals surface area contributed by atoms with Crippen LogP contribution in [-0.2, 0) is 17.7 Å². The number of carbonyl (C=O) groups is 1. The Labute approximate surface area is 140 Å². The summed E-state index contributed by atoms with van der Waals surface area (Å²) in [7, 11) is 1.66. The van der Waals surface area contributed by atoms with E-state index in [1.807, 2.05) is 24.3 Å². The summed E-state index contributed by atoms with van der Waals surface area (Å²) in [6.45, 7) is 2.72. The van der Waals surface area contributed by atoms with Crippen LogP contribution in [0, 0.1) is 0 Å². The van der Waals surface area contributed by atoms with Gasteiger partial charge in [-0.25, -0.2) is 0 Å². The molecule has 128 valence electrons. The molecule has 2 aromatic rings. The van der Waals surface area contributed by atoms with Crippen molar-refractivity contribution in [1.82, 2.24) is 15.5 Å². The molecule has 7 nitrogen and oxygen atoms in total. The van der Waals surface area contributed by atoms with Crippen LogP contribution in [0.3, 0.4) is 0 Å². The molecule has 0 aliphatic carbocycles. The highest BCUT2D eigenvalue weighted by Crippen LogP contribution is 2.25. The highest BCUT2D eigenvalue weighted by atomic mass is 16.5. The van der Waals surface area contributed by atoms with Crippen molar-refractivity contribution in [3.8, 4) is 5.75 Å². The highest BCUT2D eigenvalue weighted by Gasteiger charge is 2.22. The minimum atomic E-state index is -0.232. The topological polar surface area (TPSA) is 88.3 Å². The van der Waals surface area contributed by atoms with Gasteiger partial charge in [0.2, 0.25) is 0 Å². The number of rotatable bonds is 7. The number of nitrogens with one attached hydrogen (secondary N) is 3. The molecule has 7 heteroatoms. The number of nitrogens with zero attached hydrogens (tertiary/aromatic N) is 1. The molecule has 0 saturated carbocycles. The summed E-state index contributed by atoms with van der Waals surface area (Å²) in [5.74, 6) is 0.411. The molecule has 2 heterocycles. The van der Waals surface area contributed by atoms with Crippen LogP contribution in [0.4, 0.5) is 5.69 Å². The van der Waals surface area contributed by atoms with E-state index in [1.165, 1.54) is 0 Å². The lowest BCUT2D eigenvalue weighted by Gasteiger charge is -2.14. The van der Waals surface area contributed by atoms with E-state index in [2.05, 4.69) is 20.8 Å². The van der Waals surface area contributed by atoms with Gasteiger partial charge in [-0.05, 0) is 12.1 Å². The smallest absolute Gasteiger partial charge is 0.276 e. The largest absolute Gasteiger partial charge is 0.491 e. The molecule has 0 bridgehead atoms.